The van der Waals surface area contributed by atoms with Crippen LogP contribution in [0.5, 0.6) is 0 Å². The largest absolute Gasteiger partial charge is 0.477 e. The minimum Gasteiger partial charge on any atom is -0.477 e. The van der Waals surface area contributed by atoms with Crippen LogP contribution < -0.4 is 10.6 Å². The molecule has 3 aliphatic heterocycles. The summed E-state index contributed by atoms with van der Waals surface area (Å²) in [5.74, 6) is -2.45. The molecule has 0 aliphatic carbocycles. The zero-order valence-corrected chi connectivity index (χ0v) is 16.9. The number of carbonyl (C=O) groups excluding carboxylic acids is 2. The van der Waals surface area contributed by atoms with E-state index in [4.69, 9.17) is 0 Å². The Bertz CT molecular complexity index is 709. The molecular weight excluding hydrogens is 386 g/mol. The normalized spacial score (nSPS) is 34.1. The molecule has 7 atom stereocenters. The molecule has 0 saturated carbocycles. The molecule has 2 fully saturated rings. The lowest BCUT2D eigenvalue weighted by Gasteiger charge is -2.46. The van der Waals surface area contributed by atoms with E-state index in [1.807, 2.05) is 6.92 Å². The van der Waals surface area contributed by atoms with E-state index in [-0.39, 0.29) is 41.3 Å². The van der Waals surface area contributed by atoms with Crippen LogP contribution in [0.4, 0.5) is 0 Å². The van der Waals surface area contributed by atoms with Crippen LogP contribution in [-0.2, 0) is 14.4 Å². The van der Waals surface area contributed by atoms with Crippen LogP contribution in [0.3, 0.4) is 0 Å². The minimum absolute atomic E-state index is 0.00593. The molecule has 156 valence electrons. The Kier molecular flexibility index (Phi) is 6.04. The van der Waals surface area contributed by atoms with Crippen LogP contribution in [0.25, 0.3) is 0 Å². The van der Waals surface area contributed by atoms with E-state index >= 15 is 0 Å². The quantitative estimate of drug-likeness (QED) is 0.339. The highest BCUT2D eigenvalue weighted by Gasteiger charge is 2.60. The van der Waals surface area contributed by atoms with Gasteiger partial charge in [0.25, 0.3) is 0 Å². The third-order valence-electron chi connectivity index (χ3n) is 5.58. The summed E-state index contributed by atoms with van der Waals surface area (Å²) in [4.78, 5) is 38.3. The number of carbonyl (C=O) groups is 3. The lowest BCUT2D eigenvalue weighted by molar-refractivity contribution is -0.163. The maximum Gasteiger partial charge on any atom is 0.353 e. The molecule has 0 aromatic carbocycles. The van der Waals surface area contributed by atoms with Gasteiger partial charge in [0.2, 0.25) is 11.8 Å². The highest BCUT2D eigenvalue weighted by molar-refractivity contribution is 8.03. The van der Waals surface area contributed by atoms with E-state index in [0.29, 0.717) is 17.9 Å². The molecule has 5 N–H and O–H groups in total. The highest BCUT2D eigenvalue weighted by Crippen LogP contribution is 2.51. The maximum atomic E-state index is 12.4. The molecule has 0 unspecified atom stereocenters. The summed E-state index contributed by atoms with van der Waals surface area (Å²) in [6.45, 7) is 5.75. The number of β-lactam (4-membered cyclic amide) rings is 1. The predicted molar refractivity (Wildman–Crippen MR) is 102 cm³/mol. The summed E-state index contributed by atoms with van der Waals surface area (Å²) < 4.78 is 0. The van der Waals surface area contributed by atoms with Crippen LogP contribution in [0.2, 0.25) is 0 Å². The molecule has 0 radical (unpaired) electrons. The molecule has 0 aromatic rings. The Morgan fingerprint density at radius 2 is 2.04 bits per heavy atom. The first-order chi connectivity index (χ1) is 13.1. The van der Waals surface area contributed by atoms with Crippen LogP contribution in [0.15, 0.2) is 10.6 Å². The fourth-order valence-electron chi connectivity index (χ4n) is 4.22. The minimum atomic E-state index is -1.15. The van der Waals surface area contributed by atoms with E-state index in [0.717, 1.165) is 0 Å². The first kappa shape index (κ1) is 21.1. The number of fused-ring (bicyclic) bond motifs is 1. The van der Waals surface area contributed by atoms with Crippen molar-refractivity contribution in [3.05, 3.63) is 10.6 Å². The van der Waals surface area contributed by atoms with Gasteiger partial charge in [-0.15, -0.1) is 11.8 Å². The predicted octanol–water partition coefficient (Wildman–Crippen LogP) is -0.899. The number of nitrogens with one attached hydrogen (secondary N) is 2. The molecule has 3 heterocycles. The number of aliphatic carboxylic acids is 1. The zero-order chi connectivity index (χ0) is 20.7. The number of carboxylic acid groups (broad SMARTS) is 1. The van der Waals surface area contributed by atoms with Crippen molar-refractivity contribution < 1.29 is 29.7 Å². The van der Waals surface area contributed by atoms with E-state index < -0.39 is 30.1 Å². The number of hydrogen-bond donors (Lipinski definition) is 5. The van der Waals surface area contributed by atoms with Crippen LogP contribution in [0, 0.1) is 11.8 Å². The molecule has 9 nitrogen and oxygen atoms in total. The van der Waals surface area contributed by atoms with E-state index in [1.54, 1.807) is 13.8 Å². The average molecular weight is 413 g/mol. The Labute approximate surface area is 167 Å². The molecule has 3 aliphatic rings. The van der Waals surface area contributed by atoms with Crippen LogP contribution in [-0.4, -0.2) is 80.6 Å². The first-order valence-corrected chi connectivity index (χ1v) is 10.4. The van der Waals surface area contributed by atoms with Crippen LogP contribution in [0.1, 0.15) is 27.2 Å². The molecular formula is C18H27N3O6S. The maximum absolute atomic E-state index is 12.4. The number of rotatable bonds is 7. The molecule has 3 rings (SSSR count). The van der Waals surface area contributed by atoms with Gasteiger partial charge in [0.1, 0.15) is 5.70 Å². The monoisotopic (exact) mass is 413 g/mol. The fourth-order valence-corrected chi connectivity index (χ4v) is 5.70. The topological polar surface area (TPSA) is 139 Å². The Hall–Kier alpha value is -1.62. The van der Waals surface area contributed by atoms with Gasteiger partial charge in [0, 0.05) is 29.2 Å². The Morgan fingerprint density at radius 3 is 2.61 bits per heavy atom. The van der Waals surface area contributed by atoms with Crippen molar-refractivity contribution in [2.45, 2.75) is 56.7 Å². The number of amides is 2. The molecule has 2 amide bonds. The third-order valence-corrected chi connectivity index (χ3v) is 7.09. The molecule has 28 heavy (non-hydrogen) atoms. The van der Waals surface area contributed by atoms with Crippen molar-refractivity contribution in [2.24, 2.45) is 11.8 Å². The van der Waals surface area contributed by atoms with Crippen molar-refractivity contribution in [2.75, 3.05) is 13.1 Å². The lowest BCUT2D eigenvalue weighted by Crippen LogP contribution is -2.63. The van der Waals surface area contributed by atoms with Crippen molar-refractivity contribution in [1.29, 1.82) is 0 Å². The highest BCUT2D eigenvalue weighted by atomic mass is 32.2. The molecule has 0 bridgehead atoms. The van der Waals surface area contributed by atoms with E-state index in [2.05, 4.69) is 10.6 Å². The summed E-state index contributed by atoms with van der Waals surface area (Å²) >= 11 is 1.40. The smallest absolute Gasteiger partial charge is 0.353 e. The van der Waals surface area contributed by atoms with Gasteiger partial charge in [-0.05, 0) is 20.3 Å². The van der Waals surface area contributed by atoms with Gasteiger partial charge >= 0.3 is 5.97 Å². The number of aliphatic hydroxyl groups is 2. The van der Waals surface area contributed by atoms with E-state index in [1.165, 1.54) is 16.7 Å². The second-order valence-corrected chi connectivity index (χ2v) is 9.14. The number of carboxylic acids is 1. The van der Waals surface area contributed by atoms with Gasteiger partial charge in [-0.3, -0.25) is 9.59 Å². The summed E-state index contributed by atoms with van der Waals surface area (Å²) in [7, 11) is 0. The zero-order valence-electron chi connectivity index (χ0n) is 16.1. The van der Waals surface area contributed by atoms with Crippen molar-refractivity contribution >= 4 is 29.5 Å². The van der Waals surface area contributed by atoms with Crippen LogP contribution >= 0.6 is 11.8 Å². The van der Waals surface area contributed by atoms with Crippen molar-refractivity contribution in [3.8, 4) is 0 Å². The first-order valence-electron chi connectivity index (χ1n) is 9.47. The lowest BCUT2D eigenvalue weighted by atomic mass is 9.79. The number of aliphatic hydroxyl groups excluding tert-OH is 2. The van der Waals surface area contributed by atoms with Crippen molar-refractivity contribution in [3.63, 3.8) is 0 Å². The summed E-state index contributed by atoms with van der Waals surface area (Å²) in [5, 5.41) is 34.6. The van der Waals surface area contributed by atoms with Gasteiger partial charge in [0.05, 0.1) is 30.2 Å². The molecule has 10 heteroatoms. The second-order valence-electron chi connectivity index (χ2n) is 7.80. The molecule has 2 saturated heterocycles. The van der Waals surface area contributed by atoms with E-state index in [9.17, 15) is 29.7 Å². The van der Waals surface area contributed by atoms with Gasteiger partial charge in [-0.1, -0.05) is 6.92 Å². The SMILES string of the molecule is C[C@@H](O)CNC(=O)[C@@H]1C[C@H](SC2=C(C(=O)O)N3C(=O)[C@H]([C@@H](C)O)[C@H]3[C@H]2C)CN1. The Balaban J connectivity index is 1.69. The number of hydrogen-bond acceptors (Lipinski definition) is 7. The van der Waals surface area contributed by atoms with Gasteiger partial charge < -0.3 is 30.9 Å². The molecule has 0 aromatic heterocycles. The van der Waals surface area contributed by atoms with Gasteiger partial charge in [-0.25, -0.2) is 4.79 Å². The average Bonchev–Trinajstić information content (AvgIpc) is 3.15. The number of thioether (sulfide) groups is 1. The third kappa shape index (κ3) is 3.66. The summed E-state index contributed by atoms with van der Waals surface area (Å²) in [5.41, 5.74) is 0.00593. The van der Waals surface area contributed by atoms with Gasteiger partial charge in [0.15, 0.2) is 0 Å². The number of nitrogens with zero attached hydrogens (tertiary/aromatic N) is 1. The fraction of sp³-hybridized carbons (Fsp3) is 0.722. The summed E-state index contributed by atoms with van der Waals surface area (Å²) in [6, 6.07) is -0.730. The Morgan fingerprint density at radius 1 is 1.36 bits per heavy atom. The summed E-state index contributed by atoms with van der Waals surface area (Å²) in [6.07, 6.45) is -0.925. The van der Waals surface area contributed by atoms with Crippen molar-refractivity contribution in [1.82, 2.24) is 15.5 Å². The van der Waals surface area contributed by atoms with Gasteiger partial charge in [-0.2, -0.15) is 0 Å². The second kappa shape index (κ2) is 8.02. The molecule has 0 spiro atoms. The standard InChI is InChI=1S/C18H27N3O6S/c1-7(22)5-20-16(24)11-4-10(6-19-11)28-15-8(2)13-12(9(3)23)17(25)21(13)14(15)18(26)27/h7-13,19,22-23H,4-6H2,1-3H3,(H,20,24)(H,26,27)/t7-,8-,9-,10+,11+,12-,13-/m1/s1.